The maximum Gasteiger partial charge on any atom is 0.241 e. The molecule has 1 fully saturated rings. The first-order valence-corrected chi connectivity index (χ1v) is 7.22. The van der Waals surface area contributed by atoms with E-state index >= 15 is 0 Å². The van der Waals surface area contributed by atoms with Crippen molar-refractivity contribution in [1.82, 2.24) is 4.90 Å². The first-order valence-electron chi connectivity index (χ1n) is 7.22. The number of benzene rings is 1. The van der Waals surface area contributed by atoms with E-state index in [-0.39, 0.29) is 12.0 Å². The highest BCUT2D eigenvalue weighted by Gasteiger charge is 2.27. The molecule has 0 aromatic heterocycles. The van der Waals surface area contributed by atoms with Crippen LogP contribution >= 0.6 is 0 Å². The Morgan fingerprint density at radius 3 is 2.80 bits per heavy atom. The van der Waals surface area contributed by atoms with Crippen molar-refractivity contribution in [2.24, 2.45) is 0 Å². The van der Waals surface area contributed by atoms with Crippen molar-refractivity contribution in [3.05, 3.63) is 23.8 Å². The van der Waals surface area contributed by atoms with Gasteiger partial charge >= 0.3 is 0 Å². The topological polar surface area (TPSA) is 69.8 Å². The number of nitrogens with two attached hydrogens (primary N) is 1. The third-order valence-corrected chi connectivity index (χ3v) is 4.22. The van der Waals surface area contributed by atoms with Crippen LogP contribution in [0.5, 0.6) is 0 Å². The number of likely N-dealkylation sites (tertiary alicyclic amines) is 1. The van der Waals surface area contributed by atoms with Crippen molar-refractivity contribution in [1.29, 1.82) is 0 Å². The highest BCUT2D eigenvalue weighted by atomic mass is 16.3. The lowest BCUT2D eigenvalue weighted by Crippen LogP contribution is -2.43. The van der Waals surface area contributed by atoms with Gasteiger partial charge in [0.2, 0.25) is 5.91 Å². The number of nitrogen functional groups attached to an aromatic ring is 1. The van der Waals surface area contributed by atoms with E-state index in [4.69, 9.17) is 5.73 Å². The van der Waals surface area contributed by atoms with Crippen LogP contribution in [-0.4, -0.2) is 48.2 Å². The van der Waals surface area contributed by atoms with Gasteiger partial charge in [0.05, 0.1) is 12.6 Å². The van der Waals surface area contributed by atoms with E-state index in [2.05, 4.69) is 4.90 Å². The van der Waals surface area contributed by atoms with E-state index in [1.807, 2.05) is 23.1 Å². The van der Waals surface area contributed by atoms with E-state index in [0.29, 0.717) is 6.54 Å². The number of carbonyl (C=O) groups excluding carboxylic acids is 1. The van der Waals surface area contributed by atoms with Crippen LogP contribution in [0.2, 0.25) is 0 Å². The summed E-state index contributed by atoms with van der Waals surface area (Å²) in [6.45, 7) is 2.79. The Morgan fingerprint density at radius 2 is 2.05 bits per heavy atom. The van der Waals surface area contributed by atoms with E-state index in [0.717, 1.165) is 55.8 Å². The van der Waals surface area contributed by atoms with Gasteiger partial charge in [-0.05, 0) is 43.0 Å². The van der Waals surface area contributed by atoms with Gasteiger partial charge in [0.1, 0.15) is 0 Å². The first-order chi connectivity index (χ1) is 9.63. The summed E-state index contributed by atoms with van der Waals surface area (Å²) in [5.41, 5.74) is 8.69. The molecule has 0 saturated carbocycles. The zero-order valence-corrected chi connectivity index (χ0v) is 11.6. The van der Waals surface area contributed by atoms with Crippen molar-refractivity contribution in [3.63, 3.8) is 0 Å². The van der Waals surface area contributed by atoms with Gasteiger partial charge in [-0.2, -0.15) is 0 Å². The summed E-state index contributed by atoms with van der Waals surface area (Å²) in [6.07, 6.45) is 2.21. The molecule has 5 nitrogen and oxygen atoms in total. The monoisotopic (exact) mass is 275 g/mol. The number of amides is 1. The number of hydrogen-bond acceptors (Lipinski definition) is 4. The number of hydrogen-bond donors (Lipinski definition) is 2. The van der Waals surface area contributed by atoms with E-state index < -0.39 is 0 Å². The molecule has 108 valence electrons. The minimum atomic E-state index is -0.197. The number of aliphatic hydroxyl groups excluding tert-OH is 1. The summed E-state index contributed by atoms with van der Waals surface area (Å²) in [5.74, 6) is 0.143. The van der Waals surface area contributed by atoms with Crippen LogP contribution < -0.4 is 10.6 Å². The molecule has 5 heteroatoms. The molecule has 2 aliphatic rings. The molecule has 3 N–H and O–H groups in total. The predicted molar refractivity (Wildman–Crippen MR) is 78.6 cm³/mol. The molecule has 1 aromatic carbocycles. The second-order valence-electron chi connectivity index (χ2n) is 5.69. The summed E-state index contributed by atoms with van der Waals surface area (Å²) < 4.78 is 0. The SMILES string of the molecule is Nc1ccc2c(c1)CCN2C(=O)CN1CCC(O)CC1. The largest absolute Gasteiger partial charge is 0.399 e. The summed E-state index contributed by atoms with van der Waals surface area (Å²) in [5, 5.41) is 9.49. The molecular weight excluding hydrogens is 254 g/mol. The van der Waals surface area contributed by atoms with Crippen molar-refractivity contribution in [2.45, 2.75) is 25.4 Å². The standard InChI is InChI=1S/C15H21N3O2/c16-12-1-2-14-11(9-12)3-8-18(14)15(20)10-17-6-4-13(19)5-7-17/h1-2,9,13,19H,3-8,10,16H2. The van der Waals surface area contributed by atoms with Crippen molar-refractivity contribution in [3.8, 4) is 0 Å². The zero-order chi connectivity index (χ0) is 14.1. The van der Waals surface area contributed by atoms with Crippen LogP contribution in [0.3, 0.4) is 0 Å². The molecule has 0 radical (unpaired) electrons. The number of aliphatic hydroxyl groups is 1. The summed E-state index contributed by atoms with van der Waals surface area (Å²) in [7, 11) is 0. The van der Waals surface area contributed by atoms with Crippen LogP contribution in [0.25, 0.3) is 0 Å². The molecule has 20 heavy (non-hydrogen) atoms. The van der Waals surface area contributed by atoms with E-state index in [1.54, 1.807) is 0 Å². The van der Waals surface area contributed by atoms with Gasteiger partial charge in [-0.25, -0.2) is 0 Å². The Kier molecular flexibility index (Phi) is 3.63. The molecular formula is C15H21N3O2. The number of rotatable bonds is 2. The highest BCUT2D eigenvalue weighted by molar-refractivity contribution is 5.97. The van der Waals surface area contributed by atoms with E-state index in [1.165, 1.54) is 0 Å². The molecule has 0 aliphatic carbocycles. The average Bonchev–Trinajstić information content (AvgIpc) is 2.84. The number of anilines is 2. The summed E-state index contributed by atoms with van der Waals surface area (Å²) >= 11 is 0. The molecule has 0 spiro atoms. The van der Waals surface area contributed by atoms with Gasteiger partial charge in [0.25, 0.3) is 0 Å². The summed E-state index contributed by atoms with van der Waals surface area (Å²) in [6, 6.07) is 5.75. The molecule has 1 saturated heterocycles. The molecule has 0 atom stereocenters. The van der Waals surface area contributed by atoms with Crippen molar-refractivity contribution < 1.29 is 9.90 Å². The maximum atomic E-state index is 12.4. The molecule has 1 aromatic rings. The predicted octanol–water partition coefficient (Wildman–Crippen LogP) is 0.615. The van der Waals surface area contributed by atoms with Crippen LogP contribution in [0, 0.1) is 0 Å². The molecule has 3 rings (SSSR count). The van der Waals surface area contributed by atoms with Crippen LogP contribution in [0.4, 0.5) is 11.4 Å². The smallest absolute Gasteiger partial charge is 0.241 e. The van der Waals surface area contributed by atoms with Crippen LogP contribution in [0.1, 0.15) is 18.4 Å². The average molecular weight is 275 g/mol. The molecule has 0 unspecified atom stereocenters. The van der Waals surface area contributed by atoms with Gasteiger partial charge < -0.3 is 15.7 Å². The fraction of sp³-hybridized carbons (Fsp3) is 0.533. The van der Waals surface area contributed by atoms with Crippen LogP contribution in [0.15, 0.2) is 18.2 Å². The number of fused-ring (bicyclic) bond motifs is 1. The fourth-order valence-corrected chi connectivity index (χ4v) is 3.03. The normalized spacial score (nSPS) is 20.1. The lowest BCUT2D eigenvalue weighted by Gasteiger charge is -2.30. The molecule has 2 heterocycles. The fourth-order valence-electron chi connectivity index (χ4n) is 3.03. The Balaban J connectivity index is 1.65. The van der Waals surface area contributed by atoms with Gasteiger partial charge in [-0.3, -0.25) is 9.69 Å². The minimum absolute atomic E-state index is 0.143. The molecule has 1 amide bonds. The van der Waals surface area contributed by atoms with E-state index in [9.17, 15) is 9.90 Å². The van der Waals surface area contributed by atoms with Crippen LogP contribution in [-0.2, 0) is 11.2 Å². The number of piperidine rings is 1. The lowest BCUT2D eigenvalue weighted by molar-refractivity contribution is -0.120. The van der Waals surface area contributed by atoms with Gasteiger partial charge in [-0.1, -0.05) is 0 Å². The zero-order valence-electron chi connectivity index (χ0n) is 11.6. The summed E-state index contributed by atoms with van der Waals surface area (Å²) in [4.78, 5) is 16.4. The Hall–Kier alpha value is -1.59. The Labute approximate surface area is 119 Å². The first kappa shape index (κ1) is 13.4. The minimum Gasteiger partial charge on any atom is -0.399 e. The van der Waals surface area contributed by atoms with Gasteiger partial charge in [-0.15, -0.1) is 0 Å². The quantitative estimate of drug-likeness (QED) is 0.776. The van der Waals surface area contributed by atoms with Crippen molar-refractivity contribution in [2.75, 3.05) is 36.8 Å². The number of nitrogens with zero attached hydrogens (tertiary/aromatic N) is 2. The maximum absolute atomic E-state index is 12.4. The van der Waals surface area contributed by atoms with Crippen molar-refractivity contribution >= 4 is 17.3 Å². The molecule has 0 bridgehead atoms. The third kappa shape index (κ3) is 2.64. The number of carbonyl (C=O) groups is 1. The van der Waals surface area contributed by atoms with Gasteiger partial charge in [0, 0.05) is 31.0 Å². The lowest BCUT2D eigenvalue weighted by atomic mass is 10.1. The highest BCUT2D eigenvalue weighted by Crippen LogP contribution is 2.29. The second-order valence-corrected chi connectivity index (χ2v) is 5.69. The molecule has 2 aliphatic heterocycles. The van der Waals surface area contributed by atoms with Gasteiger partial charge in [0.15, 0.2) is 0 Å². The third-order valence-electron chi connectivity index (χ3n) is 4.22. The Morgan fingerprint density at radius 1 is 1.30 bits per heavy atom. The Bertz CT molecular complexity index is 510. The second kappa shape index (κ2) is 5.42.